The highest BCUT2D eigenvalue weighted by atomic mass is 16.5. The molecule has 2 nitrogen and oxygen atoms in total. The SMILES string of the molecule is CC(C)COc1ccc([C@@H](C)N)cc1. The van der Waals surface area contributed by atoms with Crippen LogP contribution in [0.2, 0.25) is 0 Å². The molecule has 0 saturated heterocycles. The zero-order valence-electron chi connectivity index (χ0n) is 9.16. The molecular weight excluding hydrogens is 174 g/mol. The second-order valence-electron chi connectivity index (χ2n) is 4.06. The van der Waals surface area contributed by atoms with Crippen molar-refractivity contribution < 1.29 is 4.74 Å². The van der Waals surface area contributed by atoms with Crippen LogP contribution in [0.5, 0.6) is 5.75 Å². The van der Waals surface area contributed by atoms with Crippen molar-refractivity contribution in [3.05, 3.63) is 29.8 Å². The minimum Gasteiger partial charge on any atom is -0.493 e. The van der Waals surface area contributed by atoms with E-state index < -0.39 is 0 Å². The fraction of sp³-hybridized carbons (Fsp3) is 0.500. The molecule has 0 amide bonds. The van der Waals surface area contributed by atoms with E-state index >= 15 is 0 Å². The van der Waals surface area contributed by atoms with Gasteiger partial charge in [-0.25, -0.2) is 0 Å². The molecule has 2 heteroatoms. The van der Waals surface area contributed by atoms with Gasteiger partial charge in [0, 0.05) is 6.04 Å². The van der Waals surface area contributed by atoms with Crippen LogP contribution in [-0.2, 0) is 0 Å². The van der Waals surface area contributed by atoms with Crippen LogP contribution in [0.4, 0.5) is 0 Å². The molecule has 0 saturated carbocycles. The minimum absolute atomic E-state index is 0.0918. The molecule has 0 radical (unpaired) electrons. The largest absolute Gasteiger partial charge is 0.493 e. The summed E-state index contributed by atoms with van der Waals surface area (Å²) in [6.45, 7) is 7.01. The summed E-state index contributed by atoms with van der Waals surface area (Å²) in [4.78, 5) is 0. The van der Waals surface area contributed by atoms with Crippen molar-refractivity contribution in [1.82, 2.24) is 0 Å². The van der Waals surface area contributed by atoms with Gasteiger partial charge in [-0.15, -0.1) is 0 Å². The van der Waals surface area contributed by atoms with E-state index in [1.807, 2.05) is 31.2 Å². The lowest BCUT2D eigenvalue weighted by Crippen LogP contribution is -2.06. The Hall–Kier alpha value is -1.02. The fourth-order valence-electron chi connectivity index (χ4n) is 1.13. The third-order valence-corrected chi connectivity index (χ3v) is 1.99. The first-order valence-corrected chi connectivity index (χ1v) is 5.08. The zero-order valence-corrected chi connectivity index (χ0v) is 9.16. The average molecular weight is 193 g/mol. The average Bonchev–Trinajstić information content (AvgIpc) is 2.15. The number of ether oxygens (including phenoxy) is 1. The predicted octanol–water partition coefficient (Wildman–Crippen LogP) is 2.74. The Balaban J connectivity index is 2.55. The third-order valence-electron chi connectivity index (χ3n) is 1.99. The van der Waals surface area contributed by atoms with Crippen molar-refractivity contribution in [2.45, 2.75) is 26.8 Å². The first-order valence-electron chi connectivity index (χ1n) is 5.08. The summed E-state index contributed by atoms with van der Waals surface area (Å²) in [6.07, 6.45) is 0. The molecule has 0 aliphatic rings. The van der Waals surface area contributed by atoms with Crippen molar-refractivity contribution in [3.63, 3.8) is 0 Å². The Morgan fingerprint density at radius 3 is 2.14 bits per heavy atom. The van der Waals surface area contributed by atoms with E-state index in [0.717, 1.165) is 17.9 Å². The predicted molar refractivity (Wildman–Crippen MR) is 59.4 cm³/mol. The van der Waals surface area contributed by atoms with Crippen molar-refractivity contribution in [2.24, 2.45) is 11.7 Å². The second kappa shape index (κ2) is 5.01. The Kier molecular flexibility index (Phi) is 3.96. The molecule has 0 spiro atoms. The lowest BCUT2D eigenvalue weighted by atomic mass is 10.1. The normalized spacial score (nSPS) is 12.9. The molecule has 0 heterocycles. The summed E-state index contributed by atoms with van der Waals surface area (Å²) in [5, 5.41) is 0. The number of rotatable bonds is 4. The highest BCUT2D eigenvalue weighted by molar-refractivity contribution is 5.28. The van der Waals surface area contributed by atoms with Gasteiger partial charge in [0.1, 0.15) is 5.75 Å². The molecule has 0 unspecified atom stereocenters. The molecule has 14 heavy (non-hydrogen) atoms. The van der Waals surface area contributed by atoms with E-state index in [2.05, 4.69) is 13.8 Å². The Morgan fingerprint density at radius 2 is 1.71 bits per heavy atom. The summed E-state index contributed by atoms with van der Waals surface area (Å²) in [7, 11) is 0. The number of nitrogens with two attached hydrogens (primary N) is 1. The van der Waals surface area contributed by atoms with Gasteiger partial charge < -0.3 is 10.5 Å². The van der Waals surface area contributed by atoms with Crippen LogP contribution in [0.15, 0.2) is 24.3 Å². The van der Waals surface area contributed by atoms with Gasteiger partial charge in [0.05, 0.1) is 6.61 Å². The zero-order chi connectivity index (χ0) is 10.6. The van der Waals surface area contributed by atoms with E-state index in [1.54, 1.807) is 0 Å². The van der Waals surface area contributed by atoms with Crippen LogP contribution in [0, 0.1) is 5.92 Å². The quantitative estimate of drug-likeness (QED) is 0.798. The summed E-state index contributed by atoms with van der Waals surface area (Å²) in [6, 6.07) is 8.07. The molecule has 0 fully saturated rings. The lowest BCUT2D eigenvalue weighted by Gasteiger charge is -2.10. The molecule has 0 aromatic heterocycles. The summed E-state index contributed by atoms with van der Waals surface area (Å²) in [5.41, 5.74) is 6.89. The summed E-state index contributed by atoms with van der Waals surface area (Å²) >= 11 is 0. The standard InChI is InChI=1S/C12H19NO/c1-9(2)8-14-12-6-4-11(5-7-12)10(3)13/h4-7,9-10H,8,13H2,1-3H3/t10-/m1/s1. The van der Waals surface area contributed by atoms with Crippen LogP contribution >= 0.6 is 0 Å². The monoisotopic (exact) mass is 193 g/mol. The third kappa shape index (κ3) is 3.38. The topological polar surface area (TPSA) is 35.2 Å². The van der Waals surface area contributed by atoms with E-state index in [-0.39, 0.29) is 6.04 Å². The Labute approximate surface area is 86.1 Å². The molecule has 1 aromatic carbocycles. The van der Waals surface area contributed by atoms with Gasteiger partial charge in [-0.05, 0) is 30.5 Å². The van der Waals surface area contributed by atoms with Crippen LogP contribution < -0.4 is 10.5 Å². The van der Waals surface area contributed by atoms with Crippen molar-refractivity contribution in [1.29, 1.82) is 0 Å². The smallest absolute Gasteiger partial charge is 0.119 e. The Bertz CT molecular complexity index is 264. The first-order chi connectivity index (χ1) is 6.59. The highest BCUT2D eigenvalue weighted by Gasteiger charge is 2.00. The van der Waals surface area contributed by atoms with Crippen molar-refractivity contribution >= 4 is 0 Å². The maximum Gasteiger partial charge on any atom is 0.119 e. The van der Waals surface area contributed by atoms with Gasteiger partial charge in [-0.1, -0.05) is 26.0 Å². The molecule has 0 aliphatic carbocycles. The number of hydrogen-bond donors (Lipinski definition) is 1. The van der Waals surface area contributed by atoms with Gasteiger partial charge in [-0.2, -0.15) is 0 Å². The van der Waals surface area contributed by atoms with E-state index in [9.17, 15) is 0 Å². The summed E-state index contributed by atoms with van der Waals surface area (Å²) < 4.78 is 5.56. The molecule has 0 bridgehead atoms. The van der Waals surface area contributed by atoms with Crippen molar-refractivity contribution in [3.8, 4) is 5.75 Å². The van der Waals surface area contributed by atoms with Crippen molar-refractivity contribution in [2.75, 3.05) is 6.61 Å². The van der Waals surface area contributed by atoms with Crippen LogP contribution in [0.25, 0.3) is 0 Å². The van der Waals surface area contributed by atoms with Gasteiger partial charge in [0.2, 0.25) is 0 Å². The van der Waals surface area contributed by atoms with Crippen LogP contribution in [-0.4, -0.2) is 6.61 Å². The number of benzene rings is 1. The van der Waals surface area contributed by atoms with E-state index in [0.29, 0.717) is 5.92 Å². The van der Waals surface area contributed by atoms with Crippen LogP contribution in [0.1, 0.15) is 32.4 Å². The molecule has 1 atom stereocenters. The molecule has 78 valence electrons. The molecule has 1 aromatic rings. The first kappa shape index (κ1) is 11.1. The fourth-order valence-corrected chi connectivity index (χ4v) is 1.13. The maximum atomic E-state index is 5.75. The minimum atomic E-state index is 0.0918. The molecule has 0 aliphatic heterocycles. The molecule has 1 rings (SSSR count). The highest BCUT2D eigenvalue weighted by Crippen LogP contribution is 2.16. The van der Waals surface area contributed by atoms with Gasteiger partial charge in [0.15, 0.2) is 0 Å². The number of hydrogen-bond acceptors (Lipinski definition) is 2. The second-order valence-corrected chi connectivity index (χ2v) is 4.06. The van der Waals surface area contributed by atoms with Gasteiger partial charge >= 0.3 is 0 Å². The lowest BCUT2D eigenvalue weighted by molar-refractivity contribution is 0.271. The van der Waals surface area contributed by atoms with Gasteiger partial charge in [-0.3, -0.25) is 0 Å². The summed E-state index contributed by atoms with van der Waals surface area (Å²) in [5.74, 6) is 1.48. The van der Waals surface area contributed by atoms with Gasteiger partial charge in [0.25, 0.3) is 0 Å². The molecule has 2 N–H and O–H groups in total. The maximum absolute atomic E-state index is 5.75. The van der Waals surface area contributed by atoms with Crippen LogP contribution in [0.3, 0.4) is 0 Å². The van der Waals surface area contributed by atoms with E-state index in [1.165, 1.54) is 0 Å². The van der Waals surface area contributed by atoms with E-state index in [4.69, 9.17) is 10.5 Å². The molecular formula is C12H19NO. The Morgan fingerprint density at radius 1 is 1.14 bits per heavy atom.